The zero-order chi connectivity index (χ0) is 14.8. The molecule has 4 atom stereocenters. The number of carboxylic acids is 1. The van der Waals surface area contributed by atoms with Gasteiger partial charge < -0.3 is 10.2 Å². The van der Waals surface area contributed by atoms with E-state index in [4.69, 9.17) is 0 Å². The van der Waals surface area contributed by atoms with Gasteiger partial charge in [-0.2, -0.15) is 5.26 Å². The fraction of sp³-hybridized carbons (Fsp3) is 0.750. The van der Waals surface area contributed by atoms with Crippen molar-refractivity contribution in [1.29, 1.82) is 5.26 Å². The van der Waals surface area contributed by atoms with E-state index in [9.17, 15) is 20.3 Å². The summed E-state index contributed by atoms with van der Waals surface area (Å²) in [6.07, 6.45) is 4.47. The van der Waals surface area contributed by atoms with E-state index in [-0.39, 0.29) is 5.41 Å². The molecular formula is C16H21NO3. The van der Waals surface area contributed by atoms with Crippen LogP contribution in [0.1, 0.15) is 52.4 Å². The van der Waals surface area contributed by atoms with Crippen molar-refractivity contribution in [1.82, 2.24) is 0 Å². The Balaban J connectivity index is 2.10. The van der Waals surface area contributed by atoms with E-state index in [2.05, 4.69) is 6.07 Å². The topological polar surface area (TPSA) is 81.3 Å². The fourth-order valence-electron chi connectivity index (χ4n) is 5.49. The molecule has 4 bridgehead atoms. The van der Waals surface area contributed by atoms with Crippen molar-refractivity contribution >= 4 is 5.97 Å². The van der Waals surface area contributed by atoms with Crippen LogP contribution in [0.15, 0.2) is 11.1 Å². The molecule has 0 amide bonds. The maximum atomic E-state index is 11.3. The summed E-state index contributed by atoms with van der Waals surface area (Å²) in [5, 5.41) is 29.7. The van der Waals surface area contributed by atoms with E-state index in [0.29, 0.717) is 30.8 Å². The Labute approximate surface area is 119 Å². The number of rotatable bonds is 2. The number of aliphatic carboxylic acids is 1. The van der Waals surface area contributed by atoms with Gasteiger partial charge in [-0.3, -0.25) is 0 Å². The molecule has 0 radical (unpaired) electrons. The van der Waals surface area contributed by atoms with Gasteiger partial charge in [0.15, 0.2) is 0 Å². The number of aliphatic hydroxyl groups is 1. The molecule has 4 aliphatic rings. The van der Waals surface area contributed by atoms with Gasteiger partial charge in [0.05, 0.1) is 17.1 Å². The molecule has 4 fully saturated rings. The number of hydrogen-bond donors (Lipinski definition) is 2. The summed E-state index contributed by atoms with van der Waals surface area (Å²) in [6.45, 7) is 3.52. The lowest BCUT2D eigenvalue weighted by Crippen LogP contribution is -2.60. The molecule has 0 aromatic rings. The Morgan fingerprint density at radius 3 is 2.45 bits per heavy atom. The predicted molar refractivity (Wildman–Crippen MR) is 72.6 cm³/mol. The maximum Gasteiger partial charge on any atom is 0.331 e. The van der Waals surface area contributed by atoms with Gasteiger partial charge in [0, 0.05) is 5.57 Å². The summed E-state index contributed by atoms with van der Waals surface area (Å²) >= 11 is 0. The van der Waals surface area contributed by atoms with Crippen molar-refractivity contribution in [2.75, 3.05) is 0 Å². The first-order chi connectivity index (χ1) is 9.23. The smallest absolute Gasteiger partial charge is 0.331 e. The van der Waals surface area contributed by atoms with Crippen molar-refractivity contribution in [2.45, 2.75) is 58.0 Å². The highest BCUT2D eigenvalue weighted by Crippen LogP contribution is 2.68. The zero-order valence-corrected chi connectivity index (χ0v) is 12.1. The molecule has 20 heavy (non-hydrogen) atoms. The van der Waals surface area contributed by atoms with Crippen molar-refractivity contribution in [2.24, 2.45) is 16.7 Å². The first kappa shape index (κ1) is 13.6. The molecule has 0 spiro atoms. The van der Waals surface area contributed by atoms with E-state index >= 15 is 0 Å². The third-order valence-electron chi connectivity index (χ3n) is 5.96. The molecule has 4 unspecified atom stereocenters. The fourth-order valence-corrected chi connectivity index (χ4v) is 5.49. The first-order valence-corrected chi connectivity index (χ1v) is 7.28. The zero-order valence-electron chi connectivity index (χ0n) is 12.1. The van der Waals surface area contributed by atoms with E-state index in [1.165, 1.54) is 0 Å². The van der Waals surface area contributed by atoms with Crippen LogP contribution in [-0.4, -0.2) is 21.8 Å². The van der Waals surface area contributed by atoms with Crippen LogP contribution >= 0.6 is 0 Å². The van der Waals surface area contributed by atoms with Crippen LogP contribution in [0.5, 0.6) is 0 Å². The average Bonchev–Trinajstić information content (AvgIpc) is 2.34. The minimum Gasteiger partial charge on any atom is -0.478 e. The Morgan fingerprint density at radius 1 is 1.20 bits per heavy atom. The van der Waals surface area contributed by atoms with Gasteiger partial charge in [-0.15, -0.1) is 0 Å². The summed E-state index contributed by atoms with van der Waals surface area (Å²) < 4.78 is 0. The lowest BCUT2D eigenvalue weighted by molar-refractivity contribution is -0.172. The Hall–Kier alpha value is -1.34. The standard InChI is InChI=1S/C16H21NO3/c1-10(13(18)19)11(2)15-4-12-3-14(6-15,9-17)7-16(20,5-12)8-15/h12,20H,3-8H2,1-2H3,(H,18,19). The summed E-state index contributed by atoms with van der Waals surface area (Å²) in [5.41, 5.74) is -0.258. The van der Waals surface area contributed by atoms with Crippen LogP contribution in [0.2, 0.25) is 0 Å². The molecule has 4 heteroatoms. The van der Waals surface area contributed by atoms with Crippen LogP contribution in [0.3, 0.4) is 0 Å². The second-order valence-corrected chi connectivity index (χ2v) is 7.46. The molecule has 108 valence electrons. The van der Waals surface area contributed by atoms with E-state index in [0.717, 1.165) is 24.8 Å². The molecule has 0 aliphatic heterocycles. The third-order valence-corrected chi connectivity index (χ3v) is 5.96. The number of carbonyl (C=O) groups is 1. The number of allylic oxidation sites excluding steroid dienone is 1. The van der Waals surface area contributed by atoms with Crippen molar-refractivity contribution in [3.8, 4) is 6.07 Å². The summed E-state index contributed by atoms with van der Waals surface area (Å²) in [7, 11) is 0. The largest absolute Gasteiger partial charge is 0.478 e. The SMILES string of the molecule is CC(C(=O)O)=C(C)C12CC3CC(O)(CC(C#N)(C3)C1)C2. The third kappa shape index (κ3) is 1.73. The van der Waals surface area contributed by atoms with Gasteiger partial charge in [0.25, 0.3) is 0 Å². The monoisotopic (exact) mass is 275 g/mol. The normalized spacial score (nSPS) is 46.8. The molecule has 4 rings (SSSR count). The minimum atomic E-state index is -0.892. The first-order valence-electron chi connectivity index (χ1n) is 7.28. The van der Waals surface area contributed by atoms with E-state index in [1.807, 2.05) is 6.92 Å². The molecular weight excluding hydrogens is 254 g/mol. The van der Waals surface area contributed by atoms with Crippen molar-refractivity contribution in [3.63, 3.8) is 0 Å². The van der Waals surface area contributed by atoms with Gasteiger partial charge >= 0.3 is 5.97 Å². The number of hydrogen-bond acceptors (Lipinski definition) is 3. The Kier molecular flexibility index (Phi) is 2.63. The van der Waals surface area contributed by atoms with Crippen LogP contribution in [0.25, 0.3) is 0 Å². The highest BCUT2D eigenvalue weighted by molar-refractivity contribution is 5.87. The Morgan fingerprint density at radius 2 is 1.90 bits per heavy atom. The molecule has 0 saturated heterocycles. The number of nitrogens with zero attached hydrogens (tertiary/aromatic N) is 1. The van der Waals surface area contributed by atoms with Crippen molar-refractivity contribution in [3.05, 3.63) is 11.1 Å². The molecule has 4 nitrogen and oxygen atoms in total. The highest BCUT2D eigenvalue weighted by Gasteiger charge is 2.64. The summed E-state index contributed by atoms with van der Waals surface area (Å²) in [4.78, 5) is 11.3. The highest BCUT2D eigenvalue weighted by atomic mass is 16.4. The van der Waals surface area contributed by atoms with E-state index < -0.39 is 17.0 Å². The van der Waals surface area contributed by atoms with Gasteiger partial charge in [-0.25, -0.2) is 4.79 Å². The number of carboxylic acid groups (broad SMARTS) is 1. The van der Waals surface area contributed by atoms with E-state index in [1.54, 1.807) is 6.92 Å². The second-order valence-electron chi connectivity index (χ2n) is 7.46. The molecule has 0 aromatic heterocycles. The van der Waals surface area contributed by atoms with Crippen LogP contribution in [0.4, 0.5) is 0 Å². The average molecular weight is 275 g/mol. The predicted octanol–water partition coefficient (Wildman–Crippen LogP) is 2.63. The molecule has 4 aliphatic carbocycles. The summed E-state index contributed by atoms with van der Waals surface area (Å²) in [6, 6.07) is 2.45. The van der Waals surface area contributed by atoms with Gasteiger partial charge in [0.2, 0.25) is 0 Å². The Bertz CT molecular complexity index is 561. The van der Waals surface area contributed by atoms with Crippen LogP contribution in [-0.2, 0) is 4.79 Å². The second kappa shape index (κ2) is 3.85. The van der Waals surface area contributed by atoms with Crippen LogP contribution < -0.4 is 0 Å². The van der Waals surface area contributed by atoms with Crippen molar-refractivity contribution < 1.29 is 15.0 Å². The minimum absolute atomic E-state index is 0.285. The lowest BCUT2D eigenvalue weighted by atomic mass is 9.41. The van der Waals surface area contributed by atoms with Gasteiger partial charge in [-0.05, 0) is 63.7 Å². The molecule has 2 N–H and O–H groups in total. The van der Waals surface area contributed by atoms with Crippen LogP contribution in [0, 0.1) is 28.1 Å². The molecule has 4 saturated carbocycles. The maximum absolute atomic E-state index is 11.3. The molecule has 0 aromatic carbocycles. The molecule has 0 heterocycles. The van der Waals surface area contributed by atoms with Gasteiger partial charge in [0.1, 0.15) is 0 Å². The number of nitriles is 1. The quantitative estimate of drug-likeness (QED) is 0.759. The van der Waals surface area contributed by atoms with Gasteiger partial charge in [-0.1, -0.05) is 5.57 Å². The summed E-state index contributed by atoms with van der Waals surface area (Å²) in [5.74, 6) is -0.538. The lowest BCUT2D eigenvalue weighted by Gasteiger charge is -2.63.